The van der Waals surface area contributed by atoms with E-state index in [1.54, 1.807) is 26.4 Å². The van der Waals surface area contributed by atoms with E-state index in [0.717, 1.165) is 10.3 Å². The molecule has 0 unspecified atom stereocenters. The Morgan fingerprint density at radius 2 is 1.61 bits per heavy atom. The first-order chi connectivity index (χ1) is 13.5. The van der Waals surface area contributed by atoms with E-state index in [4.69, 9.17) is 16.3 Å². The SMILES string of the molecule is COc1ccccc1-n1cc2c(c1-c1ccccc1Cl)c(=O)n(C)c(=O)n2C. The maximum absolute atomic E-state index is 13.1. The van der Waals surface area contributed by atoms with Crippen molar-refractivity contribution in [2.45, 2.75) is 0 Å². The molecule has 0 aliphatic heterocycles. The van der Waals surface area contributed by atoms with Crippen molar-refractivity contribution in [3.63, 3.8) is 0 Å². The highest BCUT2D eigenvalue weighted by atomic mass is 35.5. The number of methoxy groups -OCH3 is 1. The van der Waals surface area contributed by atoms with Gasteiger partial charge in [-0.2, -0.15) is 0 Å². The number of rotatable bonds is 3. The predicted molar refractivity (Wildman–Crippen MR) is 111 cm³/mol. The number of fused-ring (bicyclic) bond motifs is 1. The third-order valence-corrected chi connectivity index (χ3v) is 5.24. The number of ether oxygens (including phenoxy) is 1. The molecule has 0 N–H and O–H groups in total. The molecule has 0 atom stereocenters. The van der Waals surface area contributed by atoms with Crippen LogP contribution in [0.3, 0.4) is 0 Å². The number of para-hydroxylation sites is 2. The van der Waals surface area contributed by atoms with E-state index in [-0.39, 0.29) is 11.2 Å². The molecule has 6 nitrogen and oxygen atoms in total. The van der Waals surface area contributed by atoms with Crippen molar-refractivity contribution in [2.24, 2.45) is 14.1 Å². The fourth-order valence-electron chi connectivity index (χ4n) is 3.48. The van der Waals surface area contributed by atoms with Crippen molar-refractivity contribution < 1.29 is 4.74 Å². The van der Waals surface area contributed by atoms with E-state index in [1.165, 1.54) is 11.6 Å². The summed E-state index contributed by atoms with van der Waals surface area (Å²) in [5.74, 6) is 0.637. The van der Waals surface area contributed by atoms with Crippen LogP contribution in [0.2, 0.25) is 5.02 Å². The second-order valence-electron chi connectivity index (χ2n) is 6.47. The summed E-state index contributed by atoms with van der Waals surface area (Å²) in [7, 11) is 4.71. The third-order valence-electron chi connectivity index (χ3n) is 4.91. The summed E-state index contributed by atoms with van der Waals surface area (Å²) < 4.78 is 9.94. The van der Waals surface area contributed by atoms with Crippen LogP contribution in [0.25, 0.3) is 27.8 Å². The minimum absolute atomic E-state index is 0.373. The molecular formula is C21H18ClN3O3. The van der Waals surface area contributed by atoms with Crippen LogP contribution in [0, 0.1) is 0 Å². The fourth-order valence-corrected chi connectivity index (χ4v) is 3.70. The standard InChI is InChI=1S/C21H18ClN3O3/c1-23-16-12-25(15-10-6-7-11-17(15)28-3)19(13-8-4-5-9-14(13)22)18(16)20(26)24(2)21(23)27/h4-12H,1-3H3. The van der Waals surface area contributed by atoms with E-state index < -0.39 is 0 Å². The molecule has 0 saturated carbocycles. The normalized spacial score (nSPS) is 11.1. The monoisotopic (exact) mass is 395 g/mol. The summed E-state index contributed by atoms with van der Waals surface area (Å²) in [6.45, 7) is 0. The van der Waals surface area contributed by atoms with Gasteiger partial charge >= 0.3 is 5.69 Å². The molecular weight excluding hydrogens is 378 g/mol. The van der Waals surface area contributed by atoms with Gasteiger partial charge in [0.25, 0.3) is 5.56 Å². The molecule has 0 radical (unpaired) electrons. The lowest BCUT2D eigenvalue weighted by atomic mass is 10.1. The van der Waals surface area contributed by atoms with Gasteiger partial charge in [-0.25, -0.2) is 4.79 Å². The summed E-state index contributed by atoms with van der Waals surface area (Å²) in [5, 5.41) is 0.929. The molecule has 2 aromatic heterocycles. The fraction of sp³-hybridized carbons (Fsp3) is 0.143. The molecule has 0 bridgehead atoms. The minimum atomic E-state index is -0.389. The van der Waals surface area contributed by atoms with Gasteiger partial charge < -0.3 is 9.30 Å². The van der Waals surface area contributed by atoms with Crippen LogP contribution in [-0.4, -0.2) is 20.8 Å². The number of nitrogens with zero attached hydrogens (tertiary/aromatic N) is 3. The van der Waals surface area contributed by atoms with Crippen molar-refractivity contribution >= 4 is 22.5 Å². The van der Waals surface area contributed by atoms with Crippen molar-refractivity contribution in [3.8, 4) is 22.7 Å². The van der Waals surface area contributed by atoms with Gasteiger partial charge in [-0.1, -0.05) is 41.9 Å². The smallest absolute Gasteiger partial charge is 0.330 e. The average Bonchev–Trinajstić information content (AvgIpc) is 3.11. The highest BCUT2D eigenvalue weighted by molar-refractivity contribution is 6.33. The summed E-state index contributed by atoms with van der Waals surface area (Å²) >= 11 is 6.49. The number of halogens is 1. The maximum Gasteiger partial charge on any atom is 0.330 e. The van der Waals surface area contributed by atoms with Crippen LogP contribution in [-0.2, 0) is 14.1 Å². The zero-order valence-corrected chi connectivity index (χ0v) is 16.4. The number of hydrogen-bond donors (Lipinski definition) is 0. The molecule has 0 saturated heterocycles. The first kappa shape index (κ1) is 18.1. The van der Waals surface area contributed by atoms with Crippen LogP contribution in [0.5, 0.6) is 5.75 Å². The third kappa shape index (κ3) is 2.57. The van der Waals surface area contributed by atoms with E-state index in [0.29, 0.717) is 32.9 Å². The van der Waals surface area contributed by atoms with Gasteiger partial charge in [-0.3, -0.25) is 13.9 Å². The lowest BCUT2D eigenvalue weighted by Crippen LogP contribution is -2.36. The van der Waals surface area contributed by atoms with Gasteiger partial charge in [0, 0.05) is 30.9 Å². The molecule has 4 rings (SSSR count). The van der Waals surface area contributed by atoms with E-state index >= 15 is 0 Å². The topological polar surface area (TPSA) is 58.2 Å². The molecule has 4 aromatic rings. The molecule has 0 aliphatic rings. The van der Waals surface area contributed by atoms with Crippen molar-refractivity contribution in [3.05, 3.63) is 80.6 Å². The predicted octanol–water partition coefficient (Wildman–Crippen LogP) is 3.36. The summed E-state index contributed by atoms with van der Waals surface area (Å²) in [6, 6.07) is 14.8. The van der Waals surface area contributed by atoms with E-state index in [1.807, 2.05) is 47.0 Å². The van der Waals surface area contributed by atoms with Crippen molar-refractivity contribution in [1.29, 1.82) is 0 Å². The molecule has 2 aromatic carbocycles. The van der Waals surface area contributed by atoms with Crippen molar-refractivity contribution in [1.82, 2.24) is 13.7 Å². The highest BCUT2D eigenvalue weighted by Gasteiger charge is 2.22. The Hall–Kier alpha value is -3.25. The molecule has 0 aliphatic carbocycles. The Morgan fingerprint density at radius 1 is 0.929 bits per heavy atom. The van der Waals surface area contributed by atoms with Gasteiger partial charge in [0.2, 0.25) is 0 Å². The number of aromatic nitrogens is 3. The van der Waals surface area contributed by atoms with E-state index in [2.05, 4.69) is 0 Å². The van der Waals surface area contributed by atoms with Gasteiger partial charge in [-0.05, 0) is 18.2 Å². The quantitative estimate of drug-likeness (QED) is 0.534. The summed E-state index contributed by atoms with van der Waals surface area (Å²) in [4.78, 5) is 25.5. The number of benzene rings is 2. The lowest BCUT2D eigenvalue weighted by Gasteiger charge is -2.14. The average molecular weight is 396 g/mol. The highest BCUT2D eigenvalue weighted by Crippen LogP contribution is 2.37. The molecule has 0 spiro atoms. The molecule has 142 valence electrons. The van der Waals surface area contributed by atoms with Crippen LogP contribution in [0.15, 0.2) is 64.3 Å². The first-order valence-electron chi connectivity index (χ1n) is 8.65. The Labute approximate surface area is 165 Å². The van der Waals surface area contributed by atoms with Crippen LogP contribution in [0.4, 0.5) is 0 Å². The van der Waals surface area contributed by atoms with E-state index in [9.17, 15) is 9.59 Å². The Morgan fingerprint density at radius 3 is 2.32 bits per heavy atom. The van der Waals surface area contributed by atoms with Gasteiger partial charge in [-0.15, -0.1) is 0 Å². The molecule has 7 heteroatoms. The van der Waals surface area contributed by atoms with Gasteiger partial charge in [0.1, 0.15) is 5.75 Å². The largest absolute Gasteiger partial charge is 0.495 e. The second kappa shape index (κ2) is 6.73. The van der Waals surface area contributed by atoms with Crippen molar-refractivity contribution in [2.75, 3.05) is 7.11 Å². The number of hydrogen-bond acceptors (Lipinski definition) is 3. The lowest BCUT2D eigenvalue weighted by molar-refractivity contribution is 0.413. The molecule has 2 heterocycles. The number of aryl methyl sites for hydroxylation is 1. The second-order valence-corrected chi connectivity index (χ2v) is 6.87. The van der Waals surface area contributed by atoms with Gasteiger partial charge in [0.15, 0.2) is 0 Å². The maximum atomic E-state index is 13.1. The minimum Gasteiger partial charge on any atom is -0.495 e. The van der Waals surface area contributed by atoms with Crippen LogP contribution >= 0.6 is 11.6 Å². The zero-order chi connectivity index (χ0) is 20.0. The Bertz CT molecular complexity index is 1330. The summed E-state index contributed by atoms with van der Waals surface area (Å²) in [5.41, 5.74) is 1.81. The molecule has 0 fully saturated rings. The van der Waals surface area contributed by atoms with Crippen LogP contribution in [0.1, 0.15) is 0 Å². The molecule has 0 amide bonds. The Kier molecular flexibility index (Phi) is 4.35. The van der Waals surface area contributed by atoms with Gasteiger partial charge in [0.05, 0.1) is 29.4 Å². The van der Waals surface area contributed by atoms with Crippen LogP contribution < -0.4 is 16.0 Å². The zero-order valence-electron chi connectivity index (χ0n) is 15.6. The Balaban J connectivity index is 2.26. The molecule has 28 heavy (non-hydrogen) atoms. The summed E-state index contributed by atoms with van der Waals surface area (Å²) in [6.07, 6.45) is 1.77. The first-order valence-corrected chi connectivity index (χ1v) is 9.03.